The van der Waals surface area contributed by atoms with Crippen LogP contribution in [0.4, 0.5) is 0 Å². The van der Waals surface area contributed by atoms with Crippen molar-refractivity contribution >= 4 is 12.1 Å². The minimum absolute atomic E-state index is 0.0308. The average Bonchev–Trinajstić information content (AvgIpc) is 2.29. The van der Waals surface area contributed by atoms with Crippen LogP contribution in [0.1, 0.15) is 24.1 Å². The summed E-state index contributed by atoms with van der Waals surface area (Å²) >= 11 is 0. The van der Waals surface area contributed by atoms with Crippen molar-refractivity contribution in [1.82, 2.24) is 5.01 Å². The normalized spacial score (nSPS) is 18.5. The summed E-state index contributed by atoms with van der Waals surface area (Å²) in [5, 5.41) is 5.55. The van der Waals surface area contributed by atoms with Crippen LogP contribution in [-0.2, 0) is 4.79 Å². The molecule has 0 aliphatic carbocycles. The van der Waals surface area contributed by atoms with Gasteiger partial charge in [0.05, 0.1) is 12.3 Å². The monoisotopic (exact) mass is 200 g/mol. The van der Waals surface area contributed by atoms with Crippen LogP contribution in [0.3, 0.4) is 0 Å². The van der Waals surface area contributed by atoms with E-state index in [-0.39, 0.29) is 11.9 Å². The Hall–Kier alpha value is -1.90. The molecule has 1 heterocycles. The fourth-order valence-corrected chi connectivity index (χ4v) is 1.71. The Bertz CT molecular complexity index is 437. The van der Waals surface area contributed by atoms with Crippen molar-refractivity contribution in [2.75, 3.05) is 0 Å². The van der Waals surface area contributed by atoms with E-state index in [0.29, 0.717) is 0 Å². The van der Waals surface area contributed by atoms with Crippen LogP contribution in [0.15, 0.2) is 42.0 Å². The zero-order chi connectivity index (χ0) is 10.8. The molecule has 15 heavy (non-hydrogen) atoms. The van der Waals surface area contributed by atoms with E-state index in [9.17, 15) is 4.79 Å². The molecule has 1 aromatic rings. The molecular weight excluding hydrogens is 188 g/mol. The summed E-state index contributed by atoms with van der Waals surface area (Å²) in [5.74, 6) is -0.173. The summed E-state index contributed by atoms with van der Waals surface area (Å²) < 4.78 is 0. The Labute approximate surface area is 88.7 Å². The lowest BCUT2D eigenvalue weighted by atomic mass is 10.0. The average molecular weight is 200 g/mol. The van der Waals surface area contributed by atoms with Gasteiger partial charge in [0.2, 0.25) is 0 Å². The van der Waals surface area contributed by atoms with Crippen LogP contribution >= 0.6 is 0 Å². The van der Waals surface area contributed by atoms with Crippen LogP contribution in [0, 0.1) is 0 Å². The van der Waals surface area contributed by atoms with Gasteiger partial charge in [-0.3, -0.25) is 4.79 Å². The van der Waals surface area contributed by atoms with Gasteiger partial charge < -0.3 is 0 Å². The van der Waals surface area contributed by atoms with Gasteiger partial charge in [0.25, 0.3) is 5.91 Å². The summed E-state index contributed by atoms with van der Waals surface area (Å²) in [5.41, 5.74) is 2.18. The van der Waals surface area contributed by atoms with E-state index in [1.165, 1.54) is 11.1 Å². The number of carbonyl (C=O) groups excluding carboxylic acids is 1. The second-order valence-corrected chi connectivity index (χ2v) is 3.44. The summed E-state index contributed by atoms with van der Waals surface area (Å²) in [7, 11) is 0. The van der Waals surface area contributed by atoms with Crippen molar-refractivity contribution in [2.24, 2.45) is 5.10 Å². The van der Waals surface area contributed by atoms with Crippen LogP contribution < -0.4 is 0 Å². The summed E-state index contributed by atoms with van der Waals surface area (Å²) in [4.78, 5) is 11.5. The molecule has 3 nitrogen and oxygen atoms in total. The van der Waals surface area contributed by atoms with Gasteiger partial charge in [-0.05, 0) is 24.1 Å². The topological polar surface area (TPSA) is 32.7 Å². The van der Waals surface area contributed by atoms with Gasteiger partial charge in [-0.25, -0.2) is 5.01 Å². The number of carbonyl (C=O) groups is 1. The molecule has 76 valence electrons. The number of benzene rings is 1. The number of hydrogen-bond acceptors (Lipinski definition) is 2. The minimum Gasteiger partial charge on any atom is -0.268 e. The third kappa shape index (κ3) is 1.56. The predicted molar refractivity (Wildman–Crippen MR) is 59.5 cm³/mol. The smallest absolute Gasteiger partial charge is 0.266 e. The molecule has 1 amide bonds. The number of amides is 1. The summed E-state index contributed by atoms with van der Waals surface area (Å²) in [6, 6.07) is 7.89. The Morgan fingerprint density at radius 3 is 3.00 bits per heavy atom. The van der Waals surface area contributed by atoms with Crippen LogP contribution in [0.25, 0.3) is 0 Å². The van der Waals surface area contributed by atoms with Gasteiger partial charge >= 0.3 is 0 Å². The zero-order valence-corrected chi connectivity index (χ0v) is 8.55. The molecule has 0 bridgehead atoms. The molecule has 1 unspecified atom stereocenters. The molecule has 0 spiro atoms. The van der Waals surface area contributed by atoms with Gasteiger partial charge in [0.1, 0.15) is 0 Å². The molecule has 0 saturated heterocycles. The van der Waals surface area contributed by atoms with E-state index >= 15 is 0 Å². The maximum atomic E-state index is 11.5. The third-order valence-electron chi connectivity index (χ3n) is 2.53. The molecule has 1 aliphatic heterocycles. The predicted octanol–water partition coefficient (Wildman–Crippen LogP) is 2.11. The summed E-state index contributed by atoms with van der Waals surface area (Å²) in [6.07, 6.45) is 2.98. The largest absolute Gasteiger partial charge is 0.268 e. The Kier molecular flexibility index (Phi) is 2.37. The van der Waals surface area contributed by atoms with Gasteiger partial charge in [-0.2, -0.15) is 5.10 Å². The van der Waals surface area contributed by atoms with Crippen molar-refractivity contribution in [1.29, 1.82) is 0 Å². The molecule has 3 heteroatoms. The Balaban J connectivity index is 2.41. The van der Waals surface area contributed by atoms with E-state index in [0.717, 1.165) is 11.1 Å². The Morgan fingerprint density at radius 1 is 1.53 bits per heavy atom. The molecule has 0 radical (unpaired) electrons. The third-order valence-corrected chi connectivity index (χ3v) is 2.53. The lowest BCUT2D eigenvalue weighted by Crippen LogP contribution is -2.30. The lowest BCUT2D eigenvalue weighted by molar-refractivity contribution is -0.128. The van der Waals surface area contributed by atoms with E-state index in [2.05, 4.69) is 11.7 Å². The quantitative estimate of drug-likeness (QED) is 0.639. The SMILES string of the molecule is C=CC(=O)N1N=Cc2ccccc2C1C. The summed E-state index contributed by atoms with van der Waals surface area (Å²) in [6.45, 7) is 5.42. The first kappa shape index (κ1) is 9.65. The highest BCUT2D eigenvalue weighted by molar-refractivity contribution is 5.91. The van der Waals surface area contributed by atoms with Gasteiger partial charge in [-0.1, -0.05) is 30.8 Å². The van der Waals surface area contributed by atoms with Gasteiger partial charge in [0, 0.05) is 0 Å². The first-order valence-electron chi connectivity index (χ1n) is 4.82. The first-order chi connectivity index (χ1) is 7.24. The maximum Gasteiger partial charge on any atom is 0.266 e. The standard InChI is InChI=1S/C12H12N2O/c1-3-12(15)14-9(2)11-7-5-4-6-10(11)8-13-14/h3-9H,1H2,2H3. The van der Waals surface area contributed by atoms with Crippen molar-refractivity contribution in [2.45, 2.75) is 13.0 Å². The van der Waals surface area contributed by atoms with E-state index in [1.54, 1.807) is 6.21 Å². The molecule has 2 rings (SSSR count). The highest BCUT2D eigenvalue weighted by atomic mass is 16.2. The van der Waals surface area contributed by atoms with Crippen LogP contribution in [-0.4, -0.2) is 17.1 Å². The van der Waals surface area contributed by atoms with Gasteiger partial charge in [-0.15, -0.1) is 0 Å². The highest BCUT2D eigenvalue weighted by Gasteiger charge is 2.23. The van der Waals surface area contributed by atoms with Crippen molar-refractivity contribution in [3.05, 3.63) is 48.0 Å². The molecule has 1 aliphatic rings. The number of fused-ring (bicyclic) bond motifs is 1. The molecule has 0 saturated carbocycles. The minimum atomic E-state index is -0.173. The molecule has 1 aromatic carbocycles. The number of hydrogen-bond donors (Lipinski definition) is 0. The molecule has 0 N–H and O–H groups in total. The molecule has 0 fully saturated rings. The number of rotatable bonds is 1. The van der Waals surface area contributed by atoms with Crippen LogP contribution in [0.5, 0.6) is 0 Å². The fourth-order valence-electron chi connectivity index (χ4n) is 1.71. The van der Waals surface area contributed by atoms with E-state index in [4.69, 9.17) is 0 Å². The zero-order valence-electron chi connectivity index (χ0n) is 8.55. The second-order valence-electron chi connectivity index (χ2n) is 3.44. The van der Waals surface area contributed by atoms with E-state index < -0.39 is 0 Å². The lowest BCUT2D eigenvalue weighted by Gasteiger charge is -2.28. The number of nitrogens with zero attached hydrogens (tertiary/aromatic N) is 2. The maximum absolute atomic E-state index is 11.5. The fraction of sp³-hybridized carbons (Fsp3) is 0.167. The molecular formula is C12H12N2O. The second kappa shape index (κ2) is 3.69. The number of hydrazone groups is 1. The van der Waals surface area contributed by atoms with E-state index in [1.807, 2.05) is 31.2 Å². The van der Waals surface area contributed by atoms with Crippen molar-refractivity contribution < 1.29 is 4.79 Å². The van der Waals surface area contributed by atoms with Crippen LogP contribution in [0.2, 0.25) is 0 Å². The molecule has 0 aromatic heterocycles. The highest BCUT2D eigenvalue weighted by Crippen LogP contribution is 2.26. The first-order valence-corrected chi connectivity index (χ1v) is 4.82. The Morgan fingerprint density at radius 2 is 2.27 bits per heavy atom. The van der Waals surface area contributed by atoms with Gasteiger partial charge in [0.15, 0.2) is 0 Å². The van der Waals surface area contributed by atoms with Crippen molar-refractivity contribution in [3.8, 4) is 0 Å². The molecule has 1 atom stereocenters. The van der Waals surface area contributed by atoms with Crippen molar-refractivity contribution in [3.63, 3.8) is 0 Å².